The topological polar surface area (TPSA) is 146 Å². The van der Waals surface area contributed by atoms with Crippen molar-refractivity contribution in [1.82, 2.24) is 0 Å². The first-order valence-corrected chi connectivity index (χ1v) is 23.2. The number of rotatable bonds is 12. The third-order valence-electron chi connectivity index (χ3n) is 14.7. The van der Waals surface area contributed by atoms with E-state index in [9.17, 15) is 29.4 Å². The number of hydrogen-bond donors (Lipinski definition) is 2. The van der Waals surface area contributed by atoms with Crippen LogP contribution >= 0.6 is 0 Å². The first-order chi connectivity index (χ1) is 28.2. The zero-order valence-corrected chi connectivity index (χ0v) is 38.2. The van der Waals surface area contributed by atoms with E-state index in [1.54, 1.807) is 0 Å². The van der Waals surface area contributed by atoms with Crippen molar-refractivity contribution in [1.29, 1.82) is 0 Å². The molecule has 0 unspecified atom stereocenters. The summed E-state index contributed by atoms with van der Waals surface area (Å²) in [5.41, 5.74) is 1.57. The summed E-state index contributed by atoms with van der Waals surface area (Å²) >= 11 is 0. The third-order valence-corrected chi connectivity index (χ3v) is 14.7. The van der Waals surface area contributed by atoms with Gasteiger partial charge in [0.15, 0.2) is 0 Å². The van der Waals surface area contributed by atoms with E-state index < -0.39 is 23.0 Å². The number of carbonyl (C=O) groups excluding carboxylic acids is 4. The molecule has 2 aliphatic heterocycles. The molecule has 0 bridgehead atoms. The summed E-state index contributed by atoms with van der Waals surface area (Å²) in [5, 5.41) is 19.8. The second-order valence-electron chi connectivity index (χ2n) is 20.5. The molecule has 0 aromatic carbocycles. The first-order valence-electron chi connectivity index (χ1n) is 23.2. The van der Waals surface area contributed by atoms with Crippen LogP contribution in [0.4, 0.5) is 0 Å². The Labute approximate surface area is 360 Å². The molecular formula is C50H76O10. The Morgan fingerprint density at radius 3 is 1.33 bits per heavy atom. The lowest BCUT2D eigenvalue weighted by molar-refractivity contribution is -0.166. The van der Waals surface area contributed by atoms with E-state index in [1.165, 1.54) is 11.1 Å². The number of carbonyl (C=O) groups is 4. The average Bonchev–Trinajstić information content (AvgIpc) is 3.16. The van der Waals surface area contributed by atoms with Gasteiger partial charge in [-0.05, 0) is 126 Å². The van der Waals surface area contributed by atoms with Gasteiger partial charge < -0.3 is 29.2 Å². The number of esters is 4. The zero-order chi connectivity index (χ0) is 44.1. The molecule has 2 heterocycles. The third kappa shape index (κ3) is 12.0. The lowest BCUT2D eigenvalue weighted by atomic mass is 9.65. The average molecular weight is 837 g/mol. The lowest BCUT2D eigenvalue weighted by Gasteiger charge is -2.44. The molecule has 6 aliphatic rings. The predicted molar refractivity (Wildman–Crippen MR) is 231 cm³/mol. The van der Waals surface area contributed by atoms with Gasteiger partial charge >= 0.3 is 23.9 Å². The Bertz CT molecular complexity index is 1530. The molecular weight excluding hydrogens is 761 g/mol. The Morgan fingerprint density at radius 1 is 0.633 bits per heavy atom. The standard InChI is InChI=1S/2C25H38O5/c2*1-6-25(4,5)24(28)30-21-12-15(2)11-17-8-7-16(3)20(23(17)21)10-9-19-13-18(26)14-22(27)29-19/h2*7-8,11,15-16,18-21,23,26H,6,9-10,12-14H2,1-5H3/t2*15-,16-,18+,19+,20-,21-,23-/m00/s1. The maximum Gasteiger partial charge on any atom is 0.311 e. The highest BCUT2D eigenvalue weighted by molar-refractivity contribution is 5.76. The van der Waals surface area contributed by atoms with E-state index >= 15 is 0 Å². The highest BCUT2D eigenvalue weighted by Crippen LogP contribution is 2.47. The van der Waals surface area contributed by atoms with Crippen LogP contribution < -0.4 is 0 Å². The molecule has 0 aromatic heterocycles. The van der Waals surface area contributed by atoms with E-state index in [2.05, 4.69) is 64.2 Å². The van der Waals surface area contributed by atoms with Gasteiger partial charge in [-0.3, -0.25) is 19.2 Å². The monoisotopic (exact) mass is 837 g/mol. The molecule has 6 rings (SSSR count). The highest BCUT2D eigenvalue weighted by atomic mass is 16.6. The summed E-state index contributed by atoms with van der Waals surface area (Å²) in [5.74, 6) is 1.55. The smallest absolute Gasteiger partial charge is 0.311 e. The number of fused-ring (bicyclic) bond motifs is 2. The minimum atomic E-state index is -0.601. The fourth-order valence-corrected chi connectivity index (χ4v) is 10.2. The number of hydrogen-bond acceptors (Lipinski definition) is 10. The van der Waals surface area contributed by atoms with Crippen molar-refractivity contribution in [3.63, 3.8) is 0 Å². The van der Waals surface area contributed by atoms with Gasteiger partial charge in [0.1, 0.15) is 24.4 Å². The molecule has 0 spiro atoms. The highest BCUT2D eigenvalue weighted by Gasteiger charge is 2.45. The van der Waals surface area contributed by atoms with Crippen LogP contribution in [0.5, 0.6) is 0 Å². The molecule has 336 valence electrons. The summed E-state index contributed by atoms with van der Waals surface area (Å²) in [7, 11) is 0. The van der Waals surface area contributed by atoms with Gasteiger partial charge in [0, 0.05) is 24.7 Å². The van der Waals surface area contributed by atoms with E-state index in [-0.39, 0.29) is 73.0 Å². The van der Waals surface area contributed by atoms with Crippen molar-refractivity contribution >= 4 is 23.9 Å². The molecule has 0 amide bonds. The van der Waals surface area contributed by atoms with Crippen molar-refractivity contribution in [2.24, 2.45) is 58.2 Å². The Balaban J connectivity index is 0.000000228. The van der Waals surface area contributed by atoms with Crippen molar-refractivity contribution in [3.8, 4) is 0 Å². The Morgan fingerprint density at radius 2 is 1.00 bits per heavy atom. The summed E-state index contributed by atoms with van der Waals surface area (Å²) in [4.78, 5) is 49.1. The normalized spacial score (nSPS) is 36.5. The molecule has 10 nitrogen and oxygen atoms in total. The van der Waals surface area contributed by atoms with Gasteiger partial charge in [0.2, 0.25) is 0 Å². The van der Waals surface area contributed by atoms with Crippen molar-refractivity contribution in [2.75, 3.05) is 0 Å². The van der Waals surface area contributed by atoms with Crippen LogP contribution in [0.1, 0.15) is 146 Å². The number of aliphatic hydroxyl groups is 2. The Hall–Kier alpha value is -3.24. The van der Waals surface area contributed by atoms with Crippen LogP contribution in [0, 0.1) is 58.2 Å². The first kappa shape index (κ1) is 47.8. The van der Waals surface area contributed by atoms with Gasteiger partial charge in [0.25, 0.3) is 0 Å². The van der Waals surface area contributed by atoms with E-state index in [0.29, 0.717) is 48.3 Å². The van der Waals surface area contributed by atoms with Gasteiger partial charge in [-0.2, -0.15) is 0 Å². The molecule has 14 atom stereocenters. The van der Waals surface area contributed by atoms with E-state index in [1.807, 2.05) is 41.5 Å². The minimum absolute atomic E-state index is 0.0949. The number of aliphatic hydroxyl groups excluding tert-OH is 2. The van der Waals surface area contributed by atoms with Crippen molar-refractivity contribution in [2.45, 2.75) is 183 Å². The van der Waals surface area contributed by atoms with Crippen LogP contribution in [0.2, 0.25) is 0 Å². The number of cyclic esters (lactones) is 2. The van der Waals surface area contributed by atoms with Gasteiger partial charge in [-0.15, -0.1) is 0 Å². The van der Waals surface area contributed by atoms with Crippen molar-refractivity contribution < 1.29 is 48.3 Å². The summed E-state index contributed by atoms with van der Waals surface area (Å²) in [6.45, 7) is 20.6. The fraction of sp³-hybridized carbons (Fsp3) is 0.760. The number of allylic oxidation sites excluding steroid dienone is 6. The van der Waals surface area contributed by atoms with Gasteiger partial charge in [-0.1, -0.05) is 78.0 Å². The zero-order valence-electron chi connectivity index (χ0n) is 38.2. The van der Waals surface area contributed by atoms with Crippen LogP contribution in [0.3, 0.4) is 0 Å². The second-order valence-corrected chi connectivity index (χ2v) is 20.5. The van der Waals surface area contributed by atoms with Gasteiger partial charge in [-0.25, -0.2) is 0 Å². The molecule has 2 fully saturated rings. The maximum atomic E-state index is 12.9. The molecule has 2 saturated heterocycles. The molecule has 60 heavy (non-hydrogen) atoms. The number of ether oxygens (including phenoxy) is 4. The van der Waals surface area contributed by atoms with Crippen LogP contribution in [0.15, 0.2) is 47.6 Å². The molecule has 10 heteroatoms. The van der Waals surface area contributed by atoms with Crippen LogP contribution in [-0.4, -0.2) is 70.7 Å². The summed E-state index contributed by atoms with van der Waals surface area (Å²) < 4.78 is 23.2. The second kappa shape index (κ2) is 20.3. The fourth-order valence-electron chi connectivity index (χ4n) is 10.2. The SMILES string of the molecule is CCC(C)(C)C(=O)O[C@H]1C[C@@H](C)C=C2C=C[C@H](C)[C@H](CC[C@@H]3C[C@@H](O)CC(=O)O3)[C@H]21.CCC(C)(C)C(=O)O[C@H]1C[C@@H](C)C=C2C=C[C@H](C)[C@H](CC[C@@H]3C[C@@H](O)CC(=O)O3)[C@H]21. The van der Waals surface area contributed by atoms with Gasteiger partial charge in [0.05, 0.1) is 35.9 Å². The molecule has 0 aromatic rings. The maximum absolute atomic E-state index is 12.9. The van der Waals surface area contributed by atoms with Crippen LogP contribution in [0.25, 0.3) is 0 Å². The Kier molecular flexibility index (Phi) is 16.2. The molecule has 4 aliphatic carbocycles. The van der Waals surface area contributed by atoms with E-state index in [0.717, 1.165) is 51.4 Å². The summed E-state index contributed by atoms with van der Waals surface area (Å²) in [6, 6.07) is 0. The molecule has 0 saturated carbocycles. The van der Waals surface area contributed by atoms with E-state index in [4.69, 9.17) is 18.9 Å². The van der Waals surface area contributed by atoms with Crippen LogP contribution in [-0.2, 0) is 38.1 Å². The summed E-state index contributed by atoms with van der Waals surface area (Å²) in [6.07, 6.45) is 19.2. The minimum Gasteiger partial charge on any atom is -0.462 e. The molecule has 0 radical (unpaired) electrons. The lowest BCUT2D eigenvalue weighted by Crippen LogP contribution is -2.43. The largest absolute Gasteiger partial charge is 0.462 e. The predicted octanol–water partition coefficient (Wildman–Crippen LogP) is 9.17. The quantitative estimate of drug-likeness (QED) is 0.144. The molecule has 2 N–H and O–H groups in total. The van der Waals surface area contributed by atoms with Crippen molar-refractivity contribution in [3.05, 3.63) is 47.6 Å².